The molecule has 18 heavy (non-hydrogen) atoms. The second-order valence-electron chi connectivity index (χ2n) is 4.71. The van der Waals surface area contributed by atoms with E-state index in [2.05, 4.69) is 5.32 Å². The number of benzene rings is 1. The molecule has 1 N–H and O–H groups in total. The molecule has 0 heterocycles. The molecule has 0 aliphatic heterocycles. The Balaban J connectivity index is 2.68. The molecule has 0 aromatic heterocycles. The lowest BCUT2D eigenvalue weighted by atomic mass is 9.94. The van der Waals surface area contributed by atoms with Crippen molar-refractivity contribution in [1.82, 2.24) is 5.32 Å². The summed E-state index contributed by atoms with van der Waals surface area (Å²) >= 11 is 0. The van der Waals surface area contributed by atoms with Crippen LogP contribution in [0.3, 0.4) is 0 Å². The average Bonchev–Trinajstić information content (AvgIpc) is 2.26. The summed E-state index contributed by atoms with van der Waals surface area (Å²) in [5.41, 5.74) is 3.43. The molecule has 0 radical (unpaired) electrons. The van der Waals surface area contributed by atoms with E-state index in [4.69, 9.17) is 0 Å². The van der Waals surface area contributed by atoms with E-state index in [-0.39, 0.29) is 12.5 Å². The molecule has 1 aromatic rings. The minimum absolute atomic E-state index is 0.119. The normalized spacial score (nSPS) is 13.7. The summed E-state index contributed by atoms with van der Waals surface area (Å²) in [7, 11) is 1.72. The van der Waals surface area contributed by atoms with Crippen molar-refractivity contribution in [1.29, 1.82) is 0 Å². The molecule has 0 saturated carbocycles. The fraction of sp³-hybridized carbons (Fsp3) is 0.571. The second-order valence-corrected chi connectivity index (χ2v) is 4.71. The Morgan fingerprint density at radius 2 is 1.72 bits per heavy atom. The molecule has 0 saturated heterocycles. The summed E-state index contributed by atoms with van der Waals surface area (Å²) in [5.74, 6) is 0. The van der Waals surface area contributed by atoms with E-state index in [9.17, 15) is 13.2 Å². The Hall–Kier alpha value is -1.03. The first-order valence-corrected chi connectivity index (χ1v) is 6.12. The SMILES string of the molecule is CNC(CCC(F)(F)F)Cc1c(C)cccc1C. The van der Waals surface area contributed by atoms with Crippen LogP contribution < -0.4 is 5.32 Å². The van der Waals surface area contributed by atoms with Gasteiger partial charge in [0.1, 0.15) is 0 Å². The number of rotatable bonds is 5. The molecule has 0 aliphatic rings. The summed E-state index contributed by atoms with van der Waals surface area (Å²) in [5, 5.41) is 2.98. The first kappa shape index (κ1) is 15.0. The van der Waals surface area contributed by atoms with E-state index in [1.165, 1.54) is 0 Å². The summed E-state index contributed by atoms with van der Waals surface area (Å²) in [4.78, 5) is 0. The summed E-state index contributed by atoms with van der Waals surface area (Å²) in [6.07, 6.45) is -4.04. The Morgan fingerprint density at radius 3 is 2.17 bits per heavy atom. The monoisotopic (exact) mass is 259 g/mol. The minimum atomic E-state index is -4.07. The number of hydrogen-bond donors (Lipinski definition) is 1. The maximum atomic E-state index is 12.2. The zero-order valence-corrected chi connectivity index (χ0v) is 11.1. The van der Waals surface area contributed by atoms with Crippen LogP contribution in [0.5, 0.6) is 0 Å². The van der Waals surface area contributed by atoms with Gasteiger partial charge >= 0.3 is 6.18 Å². The van der Waals surface area contributed by atoms with E-state index >= 15 is 0 Å². The molecule has 1 atom stereocenters. The number of halogens is 3. The van der Waals surface area contributed by atoms with Gasteiger partial charge in [0.15, 0.2) is 0 Å². The molecule has 0 fully saturated rings. The number of nitrogens with one attached hydrogen (secondary N) is 1. The lowest BCUT2D eigenvalue weighted by Crippen LogP contribution is -2.29. The van der Waals surface area contributed by atoms with Gasteiger partial charge in [0, 0.05) is 12.5 Å². The van der Waals surface area contributed by atoms with Crippen molar-refractivity contribution in [3.8, 4) is 0 Å². The third-order valence-electron chi connectivity index (χ3n) is 3.28. The molecule has 1 aromatic carbocycles. The van der Waals surface area contributed by atoms with E-state index in [1.807, 2.05) is 32.0 Å². The smallest absolute Gasteiger partial charge is 0.317 e. The van der Waals surface area contributed by atoms with Gasteiger partial charge < -0.3 is 5.32 Å². The third kappa shape index (κ3) is 4.69. The summed E-state index contributed by atoms with van der Waals surface area (Å²) in [6, 6.07) is 5.84. The molecular weight excluding hydrogens is 239 g/mol. The zero-order valence-electron chi connectivity index (χ0n) is 11.1. The van der Waals surface area contributed by atoms with E-state index in [0.717, 1.165) is 16.7 Å². The predicted molar refractivity (Wildman–Crippen MR) is 67.8 cm³/mol. The van der Waals surface area contributed by atoms with Crippen LogP contribution in [0.15, 0.2) is 18.2 Å². The Morgan fingerprint density at radius 1 is 1.17 bits per heavy atom. The van der Waals surface area contributed by atoms with Crippen molar-refractivity contribution in [3.63, 3.8) is 0 Å². The maximum Gasteiger partial charge on any atom is 0.389 e. The fourth-order valence-electron chi connectivity index (χ4n) is 2.10. The van der Waals surface area contributed by atoms with Crippen molar-refractivity contribution in [2.45, 2.75) is 45.3 Å². The van der Waals surface area contributed by atoms with Gasteiger partial charge in [-0.2, -0.15) is 13.2 Å². The first-order valence-electron chi connectivity index (χ1n) is 6.12. The molecule has 0 spiro atoms. The predicted octanol–water partition coefficient (Wildman–Crippen LogP) is 3.78. The van der Waals surface area contributed by atoms with Crippen LogP contribution in [0, 0.1) is 13.8 Å². The van der Waals surface area contributed by atoms with Gasteiger partial charge in [-0.1, -0.05) is 18.2 Å². The van der Waals surface area contributed by atoms with Crippen LogP contribution in [-0.2, 0) is 6.42 Å². The topological polar surface area (TPSA) is 12.0 Å². The summed E-state index contributed by atoms with van der Waals surface area (Å²) in [6.45, 7) is 4.00. The molecule has 102 valence electrons. The van der Waals surface area contributed by atoms with Crippen LogP contribution in [0.4, 0.5) is 13.2 Å². The highest BCUT2D eigenvalue weighted by Crippen LogP contribution is 2.24. The Kier molecular flexibility index (Phi) is 5.20. The summed E-state index contributed by atoms with van der Waals surface area (Å²) < 4.78 is 36.7. The van der Waals surface area contributed by atoms with Gasteiger partial charge in [-0.05, 0) is 50.4 Å². The Bertz CT molecular complexity index is 365. The molecule has 4 heteroatoms. The van der Waals surface area contributed by atoms with Gasteiger partial charge in [-0.25, -0.2) is 0 Å². The number of hydrogen-bond acceptors (Lipinski definition) is 1. The van der Waals surface area contributed by atoms with E-state index in [1.54, 1.807) is 7.05 Å². The molecular formula is C14H20F3N. The van der Waals surface area contributed by atoms with Gasteiger partial charge in [-0.15, -0.1) is 0 Å². The maximum absolute atomic E-state index is 12.2. The molecule has 1 nitrogen and oxygen atoms in total. The van der Waals surface area contributed by atoms with Crippen molar-refractivity contribution in [3.05, 3.63) is 34.9 Å². The van der Waals surface area contributed by atoms with Gasteiger partial charge in [0.05, 0.1) is 0 Å². The highest BCUT2D eigenvalue weighted by Gasteiger charge is 2.28. The van der Waals surface area contributed by atoms with E-state index in [0.29, 0.717) is 6.42 Å². The molecule has 1 unspecified atom stereocenters. The van der Waals surface area contributed by atoms with Gasteiger partial charge in [-0.3, -0.25) is 0 Å². The molecule has 0 aliphatic carbocycles. The van der Waals surface area contributed by atoms with Crippen molar-refractivity contribution in [2.24, 2.45) is 0 Å². The van der Waals surface area contributed by atoms with E-state index < -0.39 is 12.6 Å². The minimum Gasteiger partial charge on any atom is -0.317 e. The van der Waals surface area contributed by atoms with Crippen LogP contribution >= 0.6 is 0 Å². The van der Waals surface area contributed by atoms with Crippen LogP contribution in [-0.4, -0.2) is 19.3 Å². The fourth-order valence-corrected chi connectivity index (χ4v) is 2.10. The van der Waals surface area contributed by atoms with Gasteiger partial charge in [0.25, 0.3) is 0 Å². The van der Waals surface area contributed by atoms with Gasteiger partial charge in [0.2, 0.25) is 0 Å². The van der Waals surface area contributed by atoms with Crippen molar-refractivity contribution >= 4 is 0 Å². The zero-order chi connectivity index (χ0) is 13.8. The quantitative estimate of drug-likeness (QED) is 0.848. The van der Waals surface area contributed by atoms with Crippen molar-refractivity contribution in [2.75, 3.05) is 7.05 Å². The molecule has 1 rings (SSSR count). The number of alkyl halides is 3. The lowest BCUT2D eigenvalue weighted by Gasteiger charge is -2.19. The lowest BCUT2D eigenvalue weighted by molar-refractivity contribution is -0.136. The van der Waals surface area contributed by atoms with Crippen molar-refractivity contribution < 1.29 is 13.2 Å². The van der Waals surface area contributed by atoms with Crippen LogP contribution in [0.2, 0.25) is 0 Å². The van der Waals surface area contributed by atoms with Crippen LogP contribution in [0.1, 0.15) is 29.5 Å². The average molecular weight is 259 g/mol. The Labute approximate surface area is 106 Å². The third-order valence-corrected chi connectivity index (χ3v) is 3.28. The number of aryl methyl sites for hydroxylation is 2. The molecule has 0 bridgehead atoms. The highest BCUT2D eigenvalue weighted by atomic mass is 19.4. The van der Waals surface area contributed by atoms with Crippen LogP contribution in [0.25, 0.3) is 0 Å². The first-order chi connectivity index (χ1) is 8.33. The second kappa shape index (κ2) is 6.23. The largest absolute Gasteiger partial charge is 0.389 e. The standard InChI is InChI=1S/C14H20F3N/c1-10-5-4-6-11(2)13(10)9-12(18-3)7-8-14(15,16)17/h4-6,12,18H,7-9H2,1-3H3. The molecule has 0 amide bonds. The highest BCUT2D eigenvalue weighted by molar-refractivity contribution is 5.34. The number of likely N-dealkylation sites (N-methyl/N-ethyl adjacent to an activating group) is 1.